The van der Waals surface area contributed by atoms with Gasteiger partial charge in [-0.3, -0.25) is 0 Å². The third-order valence-electron chi connectivity index (χ3n) is 1.43. The lowest BCUT2D eigenvalue weighted by molar-refractivity contribution is 0.322. The second kappa shape index (κ2) is 3.05. The highest BCUT2D eigenvalue weighted by Gasteiger charge is 1.94. The average molecular weight is 151 g/mol. The van der Waals surface area contributed by atoms with Gasteiger partial charge >= 0.3 is 0 Å². The summed E-state index contributed by atoms with van der Waals surface area (Å²) < 4.78 is 0. The van der Waals surface area contributed by atoms with Crippen LogP contribution in [0.2, 0.25) is 0 Å². The molecule has 0 unspecified atom stereocenters. The lowest BCUT2D eigenvalue weighted by Gasteiger charge is -1.97. The minimum absolute atomic E-state index is 0.250. The molecule has 0 aromatic heterocycles. The molecular formula is C8H9NO2. The summed E-state index contributed by atoms with van der Waals surface area (Å²) in [6.45, 7) is 1.78. The summed E-state index contributed by atoms with van der Waals surface area (Å²) in [6.07, 6.45) is 1.31. The molecule has 0 fully saturated rings. The van der Waals surface area contributed by atoms with E-state index in [-0.39, 0.29) is 5.75 Å². The minimum Gasteiger partial charge on any atom is -0.508 e. The summed E-state index contributed by atoms with van der Waals surface area (Å²) in [5, 5.41) is 20.2. The fraction of sp³-hybridized carbons (Fsp3) is 0.125. The first-order valence-electron chi connectivity index (χ1n) is 3.21. The van der Waals surface area contributed by atoms with Crippen molar-refractivity contribution < 1.29 is 10.3 Å². The maximum absolute atomic E-state index is 9.10. The number of hydrogen-bond donors (Lipinski definition) is 2. The maximum Gasteiger partial charge on any atom is 0.118 e. The number of aromatic hydroxyl groups is 1. The number of oxime groups is 1. The van der Waals surface area contributed by atoms with E-state index in [0.29, 0.717) is 0 Å². The first-order chi connectivity index (χ1) is 5.24. The van der Waals surface area contributed by atoms with Gasteiger partial charge in [-0.05, 0) is 36.2 Å². The van der Waals surface area contributed by atoms with E-state index in [2.05, 4.69) is 5.16 Å². The lowest BCUT2D eigenvalue weighted by Crippen LogP contribution is -1.82. The number of aryl methyl sites for hydroxylation is 1. The summed E-state index contributed by atoms with van der Waals surface area (Å²) in [6, 6.07) is 4.96. The fourth-order valence-electron chi connectivity index (χ4n) is 0.826. The molecule has 0 atom stereocenters. The summed E-state index contributed by atoms with van der Waals surface area (Å²) in [5.74, 6) is 0.250. The first-order valence-corrected chi connectivity index (χ1v) is 3.21. The minimum atomic E-state index is 0.250. The Morgan fingerprint density at radius 2 is 2.18 bits per heavy atom. The zero-order valence-corrected chi connectivity index (χ0v) is 6.15. The van der Waals surface area contributed by atoms with Gasteiger partial charge in [-0.2, -0.15) is 0 Å². The van der Waals surface area contributed by atoms with Crippen LogP contribution in [0.1, 0.15) is 11.1 Å². The Morgan fingerprint density at radius 3 is 2.73 bits per heavy atom. The average Bonchev–Trinajstić information content (AvgIpc) is 1.98. The predicted molar refractivity (Wildman–Crippen MR) is 42.2 cm³/mol. The normalized spacial score (nSPS) is 10.6. The third kappa shape index (κ3) is 1.70. The van der Waals surface area contributed by atoms with Crippen LogP contribution in [0.15, 0.2) is 23.4 Å². The van der Waals surface area contributed by atoms with E-state index < -0.39 is 0 Å². The van der Waals surface area contributed by atoms with E-state index in [1.165, 1.54) is 6.21 Å². The van der Waals surface area contributed by atoms with Crippen molar-refractivity contribution in [2.24, 2.45) is 5.16 Å². The van der Waals surface area contributed by atoms with Crippen molar-refractivity contribution in [1.29, 1.82) is 0 Å². The molecular weight excluding hydrogens is 142 g/mol. The Balaban J connectivity index is 3.05. The first kappa shape index (κ1) is 7.60. The van der Waals surface area contributed by atoms with Crippen LogP contribution >= 0.6 is 0 Å². The topological polar surface area (TPSA) is 52.8 Å². The monoisotopic (exact) mass is 151 g/mol. The van der Waals surface area contributed by atoms with E-state index >= 15 is 0 Å². The summed E-state index contributed by atoms with van der Waals surface area (Å²) in [5.41, 5.74) is 1.53. The summed E-state index contributed by atoms with van der Waals surface area (Å²) in [4.78, 5) is 0. The Hall–Kier alpha value is -1.51. The van der Waals surface area contributed by atoms with Gasteiger partial charge in [-0.15, -0.1) is 0 Å². The van der Waals surface area contributed by atoms with Crippen molar-refractivity contribution in [3.8, 4) is 5.75 Å². The number of rotatable bonds is 1. The van der Waals surface area contributed by atoms with Crippen LogP contribution in [-0.4, -0.2) is 16.5 Å². The Labute approximate surface area is 64.6 Å². The zero-order valence-electron chi connectivity index (χ0n) is 6.15. The van der Waals surface area contributed by atoms with Crippen molar-refractivity contribution in [2.45, 2.75) is 6.92 Å². The SMILES string of the molecule is Cc1cc(/C=N/O)ccc1O. The summed E-state index contributed by atoms with van der Waals surface area (Å²) >= 11 is 0. The second-order valence-electron chi connectivity index (χ2n) is 2.29. The van der Waals surface area contributed by atoms with Crippen LogP contribution in [0.5, 0.6) is 5.75 Å². The third-order valence-corrected chi connectivity index (χ3v) is 1.43. The smallest absolute Gasteiger partial charge is 0.118 e. The highest BCUT2D eigenvalue weighted by molar-refractivity contribution is 5.79. The van der Waals surface area contributed by atoms with Gasteiger partial charge in [0.05, 0.1) is 6.21 Å². The van der Waals surface area contributed by atoms with Gasteiger partial charge < -0.3 is 10.3 Å². The molecule has 3 nitrogen and oxygen atoms in total. The van der Waals surface area contributed by atoms with Gasteiger partial charge in [0.1, 0.15) is 5.75 Å². The van der Waals surface area contributed by atoms with Gasteiger partial charge in [-0.25, -0.2) is 0 Å². The molecule has 1 rings (SSSR count). The number of phenols is 1. The molecule has 1 aromatic carbocycles. The van der Waals surface area contributed by atoms with Gasteiger partial charge in [-0.1, -0.05) is 5.16 Å². The number of phenolic OH excluding ortho intramolecular Hbond substituents is 1. The van der Waals surface area contributed by atoms with Crippen LogP contribution in [-0.2, 0) is 0 Å². The van der Waals surface area contributed by atoms with Gasteiger partial charge in [0.15, 0.2) is 0 Å². The van der Waals surface area contributed by atoms with E-state index in [1.54, 1.807) is 25.1 Å². The van der Waals surface area contributed by atoms with Gasteiger partial charge in [0.2, 0.25) is 0 Å². The molecule has 0 aliphatic carbocycles. The van der Waals surface area contributed by atoms with Crippen LogP contribution in [0.3, 0.4) is 0 Å². The van der Waals surface area contributed by atoms with Crippen molar-refractivity contribution in [1.82, 2.24) is 0 Å². The van der Waals surface area contributed by atoms with Crippen molar-refractivity contribution in [2.75, 3.05) is 0 Å². The number of benzene rings is 1. The fourth-order valence-corrected chi connectivity index (χ4v) is 0.826. The molecule has 2 N–H and O–H groups in total. The quantitative estimate of drug-likeness (QED) is 0.363. The van der Waals surface area contributed by atoms with Crippen LogP contribution in [0.25, 0.3) is 0 Å². The lowest BCUT2D eigenvalue weighted by atomic mass is 10.1. The molecule has 0 bridgehead atoms. The van der Waals surface area contributed by atoms with Crippen LogP contribution in [0, 0.1) is 6.92 Å². The summed E-state index contributed by atoms with van der Waals surface area (Å²) in [7, 11) is 0. The molecule has 0 spiro atoms. The van der Waals surface area contributed by atoms with Crippen LogP contribution in [0.4, 0.5) is 0 Å². The van der Waals surface area contributed by atoms with Crippen molar-refractivity contribution in [3.05, 3.63) is 29.3 Å². The molecule has 58 valence electrons. The molecule has 0 aliphatic heterocycles. The Kier molecular flexibility index (Phi) is 2.11. The van der Waals surface area contributed by atoms with Gasteiger partial charge in [0, 0.05) is 0 Å². The van der Waals surface area contributed by atoms with E-state index in [9.17, 15) is 0 Å². The number of hydrogen-bond acceptors (Lipinski definition) is 3. The predicted octanol–water partition coefficient (Wildman–Crippen LogP) is 1.51. The molecule has 0 amide bonds. The molecule has 11 heavy (non-hydrogen) atoms. The van der Waals surface area contributed by atoms with Crippen molar-refractivity contribution in [3.63, 3.8) is 0 Å². The Morgan fingerprint density at radius 1 is 1.45 bits per heavy atom. The molecule has 0 aliphatic rings. The van der Waals surface area contributed by atoms with E-state index in [1.807, 2.05) is 0 Å². The second-order valence-corrected chi connectivity index (χ2v) is 2.29. The maximum atomic E-state index is 9.10. The molecule has 0 heterocycles. The highest BCUT2D eigenvalue weighted by atomic mass is 16.4. The van der Waals surface area contributed by atoms with E-state index in [4.69, 9.17) is 10.3 Å². The van der Waals surface area contributed by atoms with E-state index in [0.717, 1.165) is 11.1 Å². The van der Waals surface area contributed by atoms with Gasteiger partial charge in [0.25, 0.3) is 0 Å². The Bertz CT molecular complexity index is 281. The molecule has 3 heteroatoms. The zero-order chi connectivity index (χ0) is 8.27. The standard InChI is InChI=1S/C8H9NO2/c1-6-4-7(5-9-11)2-3-8(6)10/h2-5,10-11H,1H3/b9-5+. The number of nitrogens with zero attached hydrogens (tertiary/aromatic N) is 1. The largest absolute Gasteiger partial charge is 0.508 e. The van der Waals surface area contributed by atoms with Crippen molar-refractivity contribution >= 4 is 6.21 Å². The highest BCUT2D eigenvalue weighted by Crippen LogP contribution is 2.15. The molecule has 1 aromatic rings. The molecule has 0 saturated heterocycles. The molecule has 0 radical (unpaired) electrons. The van der Waals surface area contributed by atoms with Crippen LogP contribution < -0.4 is 0 Å². The molecule has 0 saturated carbocycles.